The lowest BCUT2D eigenvalue weighted by atomic mass is 9.95. The lowest BCUT2D eigenvalue weighted by Crippen LogP contribution is -2.53. The zero-order valence-electron chi connectivity index (χ0n) is 20.9. The average Bonchev–Trinajstić information content (AvgIpc) is 2.86. The fraction of sp³-hybridized carbons (Fsp3) is 0.462. The van der Waals surface area contributed by atoms with Gasteiger partial charge in [0.2, 0.25) is 21.8 Å². The Labute approximate surface area is 212 Å². The van der Waals surface area contributed by atoms with Gasteiger partial charge in [0.1, 0.15) is 24.2 Å². The summed E-state index contributed by atoms with van der Waals surface area (Å²) in [4.78, 5) is 28.0. The van der Waals surface area contributed by atoms with Crippen molar-refractivity contribution < 1.29 is 27.1 Å². The summed E-state index contributed by atoms with van der Waals surface area (Å²) in [5.41, 5.74) is 0.423. The molecule has 1 aliphatic rings. The van der Waals surface area contributed by atoms with E-state index in [4.69, 9.17) is 4.74 Å². The molecule has 196 valence electrons. The van der Waals surface area contributed by atoms with E-state index in [2.05, 4.69) is 5.32 Å². The number of anilines is 1. The van der Waals surface area contributed by atoms with E-state index in [9.17, 15) is 22.4 Å². The van der Waals surface area contributed by atoms with Crippen LogP contribution in [0.3, 0.4) is 0 Å². The summed E-state index contributed by atoms with van der Waals surface area (Å²) in [5, 5.41) is 3.01. The molecule has 8 nitrogen and oxygen atoms in total. The maximum Gasteiger partial charge on any atom is 0.244 e. The second-order valence-electron chi connectivity index (χ2n) is 9.07. The summed E-state index contributed by atoms with van der Waals surface area (Å²) >= 11 is 0. The lowest BCUT2D eigenvalue weighted by Gasteiger charge is -2.33. The molecule has 2 aromatic rings. The van der Waals surface area contributed by atoms with E-state index in [0.717, 1.165) is 42.7 Å². The van der Waals surface area contributed by atoms with Gasteiger partial charge in [0.05, 0.1) is 19.1 Å². The molecule has 10 heteroatoms. The van der Waals surface area contributed by atoms with Gasteiger partial charge in [-0.2, -0.15) is 0 Å². The molecule has 2 aromatic carbocycles. The van der Waals surface area contributed by atoms with Crippen molar-refractivity contribution in [1.82, 2.24) is 10.2 Å². The van der Waals surface area contributed by atoms with Crippen LogP contribution in [0, 0.1) is 5.82 Å². The van der Waals surface area contributed by atoms with Gasteiger partial charge in [-0.15, -0.1) is 0 Å². The zero-order valence-corrected chi connectivity index (χ0v) is 21.8. The molecule has 0 radical (unpaired) electrons. The molecule has 1 fully saturated rings. The quantitative estimate of drug-likeness (QED) is 0.519. The molecule has 1 N–H and O–H groups in total. The number of hydrogen-bond donors (Lipinski definition) is 1. The maximum atomic E-state index is 14.5. The number of methoxy groups -OCH3 is 1. The smallest absolute Gasteiger partial charge is 0.244 e. The molecule has 0 unspecified atom stereocenters. The van der Waals surface area contributed by atoms with Gasteiger partial charge < -0.3 is 15.0 Å². The number of nitrogens with one attached hydrogen (secondary N) is 1. The Morgan fingerprint density at radius 3 is 2.36 bits per heavy atom. The molecule has 0 aliphatic heterocycles. The van der Waals surface area contributed by atoms with Crippen LogP contribution in [0.1, 0.15) is 44.6 Å². The highest BCUT2D eigenvalue weighted by Crippen LogP contribution is 2.29. The summed E-state index contributed by atoms with van der Waals surface area (Å²) in [5.74, 6) is -1.23. The molecule has 1 atom stereocenters. The molecule has 1 saturated carbocycles. The molecule has 2 amide bonds. The summed E-state index contributed by atoms with van der Waals surface area (Å²) in [6.45, 7) is 0.813. The topological polar surface area (TPSA) is 96.0 Å². The molecule has 0 aromatic heterocycles. The Morgan fingerprint density at radius 1 is 1.08 bits per heavy atom. The Hall–Kier alpha value is -3.14. The van der Waals surface area contributed by atoms with Crippen molar-refractivity contribution in [2.75, 3.05) is 24.2 Å². The van der Waals surface area contributed by atoms with Crippen LogP contribution in [-0.4, -0.2) is 57.1 Å². The number of nitrogens with zero attached hydrogens (tertiary/aromatic N) is 2. The third kappa shape index (κ3) is 6.96. The fourth-order valence-electron chi connectivity index (χ4n) is 4.39. The van der Waals surface area contributed by atoms with Crippen LogP contribution in [0.2, 0.25) is 0 Å². The average molecular weight is 520 g/mol. The first kappa shape index (κ1) is 27.4. The van der Waals surface area contributed by atoms with Gasteiger partial charge in [0.15, 0.2) is 0 Å². The van der Waals surface area contributed by atoms with Gasteiger partial charge in [0, 0.05) is 18.2 Å². The Morgan fingerprint density at radius 2 is 1.72 bits per heavy atom. The van der Waals surface area contributed by atoms with Crippen molar-refractivity contribution in [2.45, 2.75) is 57.7 Å². The Kier molecular flexibility index (Phi) is 9.31. The van der Waals surface area contributed by atoms with Crippen LogP contribution in [0.4, 0.5) is 10.1 Å². The number of rotatable bonds is 10. The fourth-order valence-corrected chi connectivity index (χ4v) is 5.25. The normalized spacial score (nSPS) is 15.1. The van der Waals surface area contributed by atoms with Gasteiger partial charge >= 0.3 is 0 Å². The molecule has 3 rings (SSSR count). The first-order chi connectivity index (χ1) is 17.1. The number of benzene rings is 2. The van der Waals surface area contributed by atoms with E-state index < -0.39 is 34.3 Å². The van der Waals surface area contributed by atoms with Gasteiger partial charge in [-0.3, -0.25) is 13.9 Å². The van der Waals surface area contributed by atoms with Gasteiger partial charge in [-0.05, 0) is 38.0 Å². The predicted molar refractivity (Wildman–Crippen MR) is 137 cm³/mol. The van der Waals surface area contributed by atoms with Crippen LogP contribution >= 0.6 is 0 Å². The SMILES string of the molecule is COc1ccccc1N(CC(=O)N(Cc1ccccc1F)[C@@H](C)C(=O)NC1CCCCC1)S(C)(=O)=O. The first-order valence-corrected chi connectivity index (χ1v) is 13.9. The Bertz CT molecular complexity index is 1170. The highest BCUT2D eigenvalue weighted by Gasteiger charge is 2.32. The molecule has 0 bridgehead atoms. The van der Waals surface area contributed by atoms with Crippen LogP contribution < -0.4 is 14.4 Å². The zero-order chi connectivity index (χ0) is 26.3. The second-order valence-corrected chi connectivity index (χ2v) is 11.0. The molecular formula is C26H34FN3O5S. The minimum Gasteiger partial charge on any atom is -0.495 e. The van der Waals surface area contributed by atoms with E-state index >= 15 is 0 Å². The van der Waals surface area contributed by atoms with Crippen LogP contribution in [-0.2, 0) is 26.2 Å². The first-order valence-electron chi connectivity index (χ1n) is 12.1. The maximum absolute atomic E-state index is 14.5. The Balaban J connectivity index is 1.90. The van der Waals surface area contributed by atoms with E-state index in [1.165, 1.54) is 36.3 Å². The monoisotopic (exact) mass is 519 g/mol. The van der Waals surface area contributed by atoms with Crippen LogP contribution in [0.25, 0.3) is 0 Å². The largest absolute Gasteiger partial charge is 0.495 e. The summed E-state index contributed by atoms with van der Waals surface area (Å²) in [6, 6.07) is 11.5. The lowest BCUT2D eigenvalue weighted by molar-refractivity contribution is -0.139. The summed E-state index contributed by atoms with van der Waals surface area (Å²) < 4.78 is 46.1. The number of para-hydroxylation sites is 2. The number of carbonyl (C=O) groups excluding carboxylic acids is 2. The molecule has 36 heavy (non-hydrogen) atoms. The van der Waals surface area contributed by atoms with Gasteiger partial charge in [0.25, 0.3) is 0 Å². The minimum absolute atomic E-state index is 0.0280. The molecule has 1 aliphatic carbocycles. The van der Waals surface area contributed by atoms with Crippen molar-refractivity contribution in [3.8, 4) is 5.75 Å². The number of ether oxygens (including phenoxy) is 1. The second kappa shape index (κ2) is 12.2. The number of sulfonamides is 1. The van der Waals surface area contributed by atoms with Gasteiger partial charge in [-0.25, -0.2) is 12.8 Å². The van der Waals surface area contributed by atoms with Crippen molar-refractivity contribution in [3.05, 3.63) is 59.9 Å². The van der Waals surface area contributed by atoms with Gasteiger partial charge in [-0.1, -0.05) is 49.6 Å². The summed E-state index contributed by atoms with van der Waals surface area (Å²) in [7, 11) is -2.49. The van der Waals surface area contributed by atoms with Crippen LogP contribution in [0.15, 0.2) is 48.5 Å². The van der Waals surface area contributed by atoms with E-state index in [0.29, 0.717) is 0 Å². The highest BCUT2D eigenvalue weighted by atomic mass is 32.2. The van der Waals surface area contributed by atoms with Crippen molar-refractivity contribution in [1.29, 1.82) is 0 Å². The minimum atomic E-state index is -3.90. The number of halogens is 1. The molecule has 0 heterocycles. The third-order valence-corrected chi connectivity index (χ3v) is 7.58. The predicted octanol–water partition coefficient (Wildman–Crippen LogP) is 3.47. The van der Waals surface area contributed by atoms with E-state index in [1.54, 1.807) is 31.2 Å². The summed E-state index contributed by atoms with van der Waals surface area (Å²) in [6.07, 6.45) is 5.92. The number of carbonyl (C=O) groups is 2. The molecule has 0 spiro atoms. The standard InChI is InChI=1S/C26H34FN3O5S/c1-19(26(32)28-21-12-5-4-6-13-21)29(17-20-11-7-8-14-22(20)27)25(31)18-30(36(3,33)34)23-15-9-10-16-24(23)35-2/h7-11,14-16,19,21H,4-6,12-13,17-18H2,1-3H3,(H,28,32)/t19-/m0/s1. The molecular weight excluding hydrogens is 485 g/mol. The highest BCUT2D eigenvalue weighted by molar-refractivity contribution is 7.92. The number of hydrogen-bond acceptors (Lipinski definition) is 5. The van der Waals surface area contributed by atoms with Crippen molar-refractivity contribution >= 4 is 27.5 Å². The molecule has 0 saturated heterocycles. The van der Waals surface area contributed by atoms with Crippen molar-refractivity contribution in [2.24, 2.45) is 0 Å². The van der Waals surface area contributed by atoms with Crippen LogP contribution in [0.5, 0.6) is 5.75 Å². The van der Waals surface area contributed by atoms with E-state index in [-0.39, 0.29) is 35.5 Å². The number of amides is 2. The van der Waals surface area contributed by atoms with E-state index in [1.807, 2.05) is 0 Å². The third-order valence-electron chi connectivity index (χ3n) is 6.45. The van der Waals surface area contributed by atoms with Crippen molar-refractivity contribution in [3.63, 3.8) is 0 Å².